The fourth-order valence-electron chi connectivity index (χ4n) is 2.99. The van der Waals surface area contributed by atoms with E-state index in [0.717, 1.165) is 36.2 Å². The molecule has 0 bridgehead atoms. The van der Waals surface area contributed by atoms with E-state index in [4.69, 9.17) is 0 Å². The summed E-state index contributed by atoms with van der Waals surface area (Å²) in [7, 11) is 0. The Morgan fingerprint density at radius 2 is 2.04 bits per heavy atom. The second-order valence-corrected chi connectivity index (χ2v) is 6.03. The highest BCUT2D eigenvalue weighted by atomic mass is 19.1. The van der Waals surface area contributed by atoms with Gasteiger partial charge in [-0.1, -0.05) is 31.2 Å². The lowest BCUT2D eigenvalue weighted by Gasteiger charge is -2.20. The van der Waals surface area contributed by atoms with Gasteiger partial charge in [-0.3, -0.25) is 4.79 Å². The number of halogens is 1. The van der Waals surface area contributed by atoms with Gasteiger partial charge in [0.2, 0.25) is 0 Å². The summed E-state index contributed by atoms with van der Waals surface area (Å²) in [6.45, 7) is 4.29. The van der Waals surface area contributed by atoms with E-state index in [1.807, 2.05) is 19.1 Å². The SMILES string of the molecule is CC(CNC(=O)c1cccc2c1CCNC2)c1ccc(F)cc1. The van der Waals surface area contributed by atoms with Gasteiger partial charge in [0.1, 0.15) is 5.82 Å². The van der Waals surface area contributed by atoms with Crippen molar-refractivity contribution in [2.24, 2.45) is 0 Å². The molecule has 3 nitrogen and oxygen atoms in total. The molecule has 23 heavy (non-hydrogen) atoms. The van der Waals surface area contributed by atoms with Crippen LogP contribution in [0, 0.1) is 5.82 Å². The van der Waals surface area contributed by atoms with E-state index in [0.29, 0.717) is 6.54 Å². The van der Waals surface area contributed by atoms with Crippen molar-refractivity contribution in [3.63, 3.8) is 0 Å². The Hall–Kier alpha value is -2.20. The molecule has 0 radical (unpaired) electrons. The molecule has 1 atom stereocenters. The Morgan fingerprint density at radius 3 is 2.83 bits per heavy atom. The molecule has 2 N–H and O–H groups in total. The standard InChI is InChI=1S/C19H21FN2O/c1-13(14-5-7-16(20)8-6-14)11-22-19(23)18-4-2-3-15-12-21-10-9-17(15)18/h2-8,13,21H,9-12H2,1H3,(H,22,23). The highest BCUT2D eigenvalue weighted by molar-refractivity contribution is 5.96. The summed E-state index contributed by atoms with van der Waals surface area (Å²) in [4.78, 5) is 12.5. The van der Waals surface area contributed by atoms with E-state index >= 15 is 0 Å². The third-order valence-electron chi connectivity index (χ3n) is 4.39. The molecular weight excluding hydrogens is 291 g/mol. The molecular formula is C19H21FN2O. The fraction of sp³-hybridized carbons (Fsp3) is 0.316. The third-order valence-corrected chi connectivity index (χ3v) is 4.39. The Balaban J connectivity index is 1.67. The van der Waals surface area contributed by atoms with Crippen molar-refractivity contribution >= 4 is 5.91 Å². The molecule has 2 aromatic carbocycles. The number of carbonyl (C=O) groups is 1. The van der Waals surface area contributed by atoms with Gasteiger partial charge >= 0.3 is 0 Å². The quantitative estimate of drug-likeness (QED) is 0.911. The predicted molar refractivity (Wildman–Crippen MR) is 89.0 cm³/mol. The van der Waals surface area contributed by atoms with Crippen LogP contribution in [0.3, 0.4) is 0 Å². The molecule has 1 aliphatic rings. The minimum Gasteiger partial charge on any atom is -0.351 e. The second-order valence-electron chi connectivity index (χ2n) is 6.03. The molecule has 1 aliphatic heterocycles. The van der Waals surface area contributed by atoms with Crippen molar-refractivity contribution in [1.29, 1.82) is 0 Å². The van der Waals surface area contributed by atoms with E-state index in [9.17, 15) is 9.18 Å². The number of hydrogen-bond acceptors (Lipinski definition) is 2. The zero-order valence-corrected chi connectivity index (χ0v) is 13.2. The van der Waals surface area contributed by atoms with Crippen LogP contribution in [-0.4, -0.2) is 19.0 Å². The molecule has 0 spiro atoms. The maximum absolute atomic E-state index is 13.0. The van der Waals surface area contributed by atoms with Crippen LogP contribution in [0.25, 0.3) is 0 Å². The normalized spacial score (nSPS) is 14.9. The minimum atomic E-state index is -0.241. The highest BCUT2D eigenvalue weighted by Crippen LogP contribution is 2.19. The van der Waals surface area contributed by atoms with Crippen LogP contribution in [0.4, 0.5) is 4.39 Å². The summed E-state index contributed by atoms with van der Waals surface area (Å²) in [5, 5.41) is 6.33. The van der Waals surface area contributed by atoms with E-state index in [1.165, 1.54) is 17.7 Å². The summed E-state index contributed by atoms with van der Waals surface area (Å²) in [5.41, 5.74) is 4.15. The molecule has 4 heteroatoms. The molecule has 1 amide bonds. The average molecular weight is 312 g/mol. The minimum absolute atomic E-state index is 0.0299. The molecule has 0 aromatic heterocycles. The molecule has 0 aliphatic carbocycles. The maximum atomic E-state index is 13.0. The summed E-state index contributed by atoms with van der Waals surface area (Å²) in [6, 6.07) is 12.3. The summed E-state index contributed by atoms with van der Waals surface area (Å²) in [5.74, 6) is -0.132. The first-order valence-corrected chi connectivity index (χ1v) is 8.00. The van der Waals surface area contributed by atoms with E-state index in [2.05, 4.69) is 16.7 Å². The summed E-state index contributed by atoms with van der Waals surface area (Å²) in [6.07, 6.45) is 0.881. The van der Waals surface area contributed by atoms with Crippen LogP contribution < -0.4 is 10.6 Å². The Morgan fingerprint density at radius 1 is 1.26 bits per heavy atom. The first kappa shape index (κ1) is 15.7. The maximum Gasteiger partial charge on any atom is 0.251 e. The molecule has 0 saturated heterocycles. The predicted octanol–water partition coefficient (Wildman–Crippen LogP) is 3.00. The highest BCUT2D eigenvalue weighted by Gasteiger charge is 2.17. The molecule has 2 aromatic rings. The van der Waals surface area contributed by atoms with Crippen LogP contribution in [-0.2, 0) is 13.0 Å². The van der Waals surface area contributed by atoms with Crippen molar-refractivity contribution < 1.29 is 9.18 Å². The van der Waals surface area contributed by atoms with Crippen LogP contribution >= 0.6 is 0 Å². The van der Waals surface area contributed by atoms with Gasteiger partial charge in [0, 0.05) is 18.7 Å². The first-order valence-electron chi connectivity index (χ1n) is 8.00. The van der Waals surface area contributed by atoms with Crippen LogP contribution in [0.5, 0.6) is 0 Å². The van der Waals surface area contributed by atoms with Gasteiger partial charge in [0.05, 0.1) is 0 Å². The van der Waals surface area contributed by atoms with Crippen LogP contribution in [0.1, 0.15) is 39.9 Å². The number of rotatable bonds is 4. The first-order chi connectivity index (χ1) is 11.1. The zero-order chi connectivity index (χ0) is 16.2. The van der Waals surface area contributed by atoms with Crippen LogP contribution in [0.2, 0.25) is 0 Å². The number of nitrogens with one attached hydrogen (secondary N) is 2. The Kier molecular flexibility index (Phi) is 4.72. The van der Waals surface area contributed by atoms with Gasteiger partial charge in [-0.15, -0.1) is 0 Å². The third kappa shape index (κ3) is 3.59. The fourth-order valence-corrected chi connectivity index (χ4v) is 2.99. The molecule has 120 valence electrons. The molecule has 0 saturated carbocycles. The summed E-state index contributed by atoms with van der Waals surface area (Å²) >= 11 is 0. The summed E-state index contributed by atoms with van der Waals surface area (Å²) < 4.78 is 13.0. The van der Waals surface area contributed by atoms with Gasteiger partial charge in [-0.25, -0.2) is 4.39 Å². The number of benzene rings is 2. The van der Waals surface area contributed by atoms with Gasteiger partial charge < -0.3 is 10.6 Å². The number of amides is 1. The van der Waals surface area contributed by atoms with Crippen LogP contribution in [0.15, 0.2) is 42.5 Å². The van der Waals surface area contributed by atoms with Crippen molar-refractivity contribution in [2.45, 2.75) is 25.8 Å². The lowest BCUT2D eigenvalue weighted by molar-refractivity contribution is 0.0950. The van der Waals surface area contributed by atoms with Crippen molar-refractivity contribution in [1.82, 2.24) is 10.6 Å². The van der Waals surface area contributed by atoms with E-state index < -0.39 is 0 Å². The second kappa shape index (κ2) is 6.92. The van der Waals surface area contributed by atoms with Gasteiger partial charge in [0.25, 0.3) is 5.91 Å². The Bertz CT molecular complexity index is 697. The monoisotopic (exact) mass is 312 g/mol. The zero-order valence-electron chi connectivity index (χ0n) is 13.2. The van der Waals surface area contributed by atoms with Gasteiger partial charge in [0.15, 0.2) is 0 Å². The average Bonchev–Trinajstić information content (AvgIpc) is 2.59. The largest absolute Gasteiger partial charge is 0.351 e. The van der Waals surface area contributed by atoms with Crippen molar-refractivity contribution in [3.8, 4) is 0 Å². The lowest BCUT2D eigenvalue weighted by Crippen LogP contribution is -2.31. The van der Waals surface area contributed by atoms with Crippen molar-refractivity contribution in [3.05, 3.63) is 70.5 Å². The smallest absolute Gasteiger partial charge is 0.251 e. The Labute approximate surface area is 135 Å². The molecule has 1 heterocycles. The van der Waals surface area contributed by atoms with E-state index in [-0.39, 0.29) is 17.6 Å². The number of carbonyl (C=O) groups excluding carboxylic acids is 1. The van der Waals surface area contributed by atoms with Crippen molar-refractivity contribution in [2.75, 3.05) is 13.1 Å². The van der Waals surface area contributed by atoms with Gasteiger partial charge in [-0.2, -0.15) is 0 Å². The lowest BCUT2D eigenvalue weighted by atomic mass is 9.95. The topological polar surface area (TPSA) is 41.1 Å². The molecule has 0 fully saturated rings. The number of hydrogen-bond donors (Lipinski definition) is 2. The molecule has 3 rings (SSSR count). The van der Waals surface area contributed by atoms with E-state index in [1.54, 1.807) is 12.1 Å². The van der Waals surface area contributed by atoms with Gasteiger partial charge in [-0.05, 0) is 53.8 Å². The molecule has 1 unspecified atom stereocenters. The number of fused-ring (bicyclic) bond motifs is 1.